The van der Waals surface area contributed by atoms with Gasteiger partial charge in [-0.05, 0) is 41.8 Å². The molecule has 188 valence electrons. The molecule has 0 saturated heterocycles. The Morgan fingerprint density at radius 2 is 1.82 bits per heavy atom. The third-order valence-corrected chi connectivity index (χ3v) is 6.18. The van der Waals surface area contributed by atoms with Crippen LogP contribution >= 0.6 is 0 Å². The molecule has 6 aromatic heterocycles. The summed E-state index contributed by atoms with van der Waals surface area (Å²) < 4.78 is 0. The molecule has 6 rings (SSSR count). The van der Waals surface area contributed by atoms with Crippen molar-refractivity contribution in [3.05, 3.63) is 73.4 Å². The number of aromatic amines is 2. The maximum Gasteiger partial charge on any atom is 0.224 e. The number of hydrogen-bond acceptors (Lipinski definition) is 6. The number of rotatable bonds is 5. The minimum atomic E-state index is -0.101. The van der Waals surface area contributed by atoms with E-state index in [2.05, 4.69) is 46.5 Å². The maximum absolute atomic E-state index is 12.4. The monoisotopic (exact) mass is 502 g/mol. The van der Waals surface area contributed by atoms with Gasteiger partial charge in [0, 0.05) is 46.9 Å². The molecular formula is C29H26N8O. The number of carbonyl (C=O) groups excluding carboxylic acids is 1. The second-order valence-electron chi connectivity index (χ2n) is 10.5. The lowest BCUT2D eigenvalue weighted by Crippen LogP contribution is -2.19. The molecule has 6 aromatic rings. The standard InChI is InChI=1S/C29H26N8O/c1-29(2,3)13-26(38)34-18-10-17(14-30-15-18)23-12-21-25(16-33-23)36-37-27(21)24-11-20-19(7-9-32-28(20)35-24)22-6-4-5-8-31-22/h4-12,14-16H,13H2,1-3H3,(H,32,35)(H,34,38)(H,36,37). The molecule has 0 spiro atoms. The molecule has 0 aliphatic heterocycles. The van der Waals surface area contributed by atoms with E-state index in [1.807, 2.05) is 57.2 Å². The predicted molar refractivity (Wildman–Crippen MR) is 148 cm³/mol. The van der Waals surface area contributed by atoms with Gasteiger partial charge in [0.25, 0.3) is 0 Å². The molecule has 3 N–H and O–H groups in total. The molecule has 0 saturated carbocycles. The highest BCUT2D eigenvalue weighted by Crippen LogP contribution is 2.33. The van der Waals surface area contributed by atoms with Crippen LogP contribution in [0.4, 0.5) is 5.69 Å². The molecule has 1 amide bonds. The highest BCUT2D eigenvalue weighted by atomic mass is 16.1. The topological polar surface area (TPSA) is 125 Å². The van der Waals surface area contributed by atoms with E-state index >= 15 is 0 Å². The van der Waals surface area contributed by atoms with Crippen molar-refractivity contribution in [3.8, 4) is 33.9 Å². The van der Waals surface area contributed by atoms with Crippen LogP contribution in [0, 0.1) is 5.41 Å². The zero-order valence-corrected chi connectivity index (χ0v) is 21.3. The summed E-state index contributed by atoms with van der Waals surface area (Å²) in [6.45, 7) is 6.10. The number of anilines is 1. The van der Waals surface area contributed by atoms with Gasteiger partial charge in [0.2, 0.25) is 5.91 Å². The van der Waals surface area contributed by atoms with Crippen molar-refractivity contribution < 1.29 is 4.79 Å². The zero-order chi connectivity index (χ0) is 26.3. The quantitative estimate of drug-likeness (QED) is 0.265. The number of pyridine rings is 4. The number of carbonyl (C=O) groups is 1. The van der Waals surface area contributed by atoms with Gasteiger partial charge in [-0.15, -0.1) is 0 Å². The molecule has 38 heavy (non-hydrogen) atoms. The van der Waals surface area contributed by atoms with E-state index in [1.54, 1.807) is 31.0 Å². The van der Waals surface area contributed by atoms with Gasteiger partial charge in [-0.3, -0.25) is 24.8 Å². The van der Waals surface area contributed by atoms with E-state index in [9.17, 15) is 4.79 Å². The van der Waals surface area contributed by atoms with E-state index in [-0.39, 0.29) is 11.3 Å². The average molecular weight is 503 g/mol. The smallest absolute Gasteiger partial charge is 0.224 e. The van der Waals surface area contributed by atoms with Crippen molar-refractivity contribution in [2.45, 2.75) is 27.2 Å². The van der Waals surface area contributed by atoms with Crippen molar-refractivity contribution in [1.29, 1.82) is 0 Å². The molecule has 0 aromatic carbocycles. The van der Waals surface area contributed by atoms with Crippen LogP contribution < -0.4 is 5.32 Å². The second-order valence-corrected chi connectivity index (χ2v) is 10.5. The van der Waals surface area contributed by atoms with Gasteiger partial charge in [0.05, 0.1) is 40.7 Å². The second kappa shape index (κ2) is 9.19. The molecule has 0 aliphatic rings. The SMILES string of the molecule is CC(C)(C)CC(=O)Nc1cncc(-c2cc3c(-c4cc5c(-c6ccccn6)ccnc5[nH]4)n[nH]c3cn2)c1. The van der Waals surface area contributed by atoms with E-state index < -0.39 is 0 Å². The van der Waals surface area contributed by atoms with Crippen LogP contribution in [0.15, 0.2) is 73.4 Å². The Hall–Kier alpha value is -4.92. The minimum absolute atomic E-state index is 0.0468. The predicted octanol–water partition coefficient (Wildman–Crippen LogP) is 6.00. The lowest BCUT2D eigenvalue weighted by atomic mass is 9.92. The van der Waals surface area contributed by atoms with Gasteiger partial charge in [-0.2, -0.15) is 5.10 Å². The summed E-state index contributed by atoms with van der Waals surface area (Å²) >= 11 is 0. The molecule has 0 radical (unpaired) electrons. The number of H-pyrrole nitrogens is 2. The first-order valence-electron chi connectivity index (χ1n) is 12.3. The summed E-state index contributed by atoms with van der Waals surface area (Å²) in [5.41, 5.74) is 7.09. The van der Waals surface area contributed by atoms with Gasteiger partial charge in [-0.1, -0.05) is 26.8 Å². The zero-order valence-electron chi connectivity index (χ0n) is 21.3. The first-order valence-corrected chi connectivity index (χ1v) is 12.3. The Bertz CT molecular complexity index is 1780. The number of fused-ring (bicyclic) bond motifs is 2. The van der Waals surface area contributed by atoms with Crippen molar-refractivity contribution in [2.24, 2.45) is 5.41 Å². The van der Waals surface area contributed by atoms with Crippen LogP contribution in [-0.2, 0) is 4.79 Å². The molecular weight excluding hydrogens is 476 g/mol. The van der Waals surface area contributed by atoms with Crippen LogP contribution in [0.2, 0.25) is 0 Å². The van der Waals surface area contributed by atoms with Crippen LogP contribution in [-0.4, -0.2) is 41.0 Å². The first-order chi connectivity index (χ1) is 18.3. The number of nitrogens with zero attached hydrogens (tertiary/aromatic N) is 5. The van der Waals surface area contributed by atoms with Crippen molar-refractivity contribution >= 4 is 33.5 Å². The molecule has 9 heteroatoms. The first kappa shape index (κ1) is 23.5. The summed E-state index contributed by atoms with van der Waals surface area (Å²) in [6.07, 6.45) is 9.11. The summed E-state index contributed by atoms with van der Waals surface area (Å²) in [5.74, 6) is -0.0468. The summed E-state index contributed by atoms with van der Waals surface area (Å²) in [4.78, 5) is 33.8. The van der Waals surface area contributed by atoms with E-state index in [0.29, 0.717) is 12.1 Å². The van der Waals surface area contributed by atoms with Gasteiger partial charge >= 0.3 is 0 Å². The Morgan fingerprint density at radius 1 is 0.921 bits per heavy atom. The van der Waals surface area contributed by atoms with Gasteiger partial charge < -0.3 is 10.3 Å². The largest absolute Gasteiger partial charge is 0.338 e. The molecule has 0 atom stereocenters. The molecule has 9 nitrogen and oxygen atoms in total. The van der Waals surface area contributed by atoms with Gasteiger partial charge in [0.15, 0.2) is 0 Å². The normalized spacial score (nSPS) is 11.8. The van der Waals surface area contributed by atoms with Crippen molar-refractivity contribution in [1.82, 2.24) is 35.1 Å². The summed E-state index contributed by atoms with van der Waals surface area (Å²) in [7, 11) is 0. The van der Waals surface area contributed by atoms with Crippen LogP contribution in [0.5, 0.6) is 0 Å². The molecule has 0 aliphatic carbocycles. The number of aromatic nitrogens is 7. The lowest BCUT2D eigenvalue weighted by Gasteiger charge is -2.17. The van der Waals surface area contributed by atoms with Crippen molar-refractivity contribution in [2.75, 3.05) is 5.32 Å². The number of nitrogens with one attached hydrogen (secondary N) is 3. The third-order valence-electron chi connectivity index (χ3n) is 6.18. The van der Waals surface area contributed by atoms with Crippen LogP contribution in [0.3, 0.4) is 0 Å². The molecule has 0 fully saturated rings. The van der Waals surface area contributed by atoms with E-state index in [4.69, 9.17) is 0 Å². The average Bonchev–Trinajstić information content (AvgIpc) is 3.51. The Morgan fingerprint density at radius 3 is 2.63 bits per heavy atom. The fourth-order valence-electron chi connectivity index (χ4n) is 4.52. The van der Waals surface area contributed by atoms with Crippen LogP contribution in [0.1, 0.15) is 27.2 Å². The maximum atomic E-state index is 12.4. The summed E-state index contributed by atoms with van der Waals surface area (Å²) in [5, 5.41) is 12.5. The van der Waals surface area contributed by atoms with E-state index in [0.717, 1.165) is 55.8 Å². The summed E-state index contributed by atoms with van der Waals surface area (Å²) in [6, 6.07) is 13.7. The lowest BCUT2D eigenvalue weighted by molar-refractivity contribution is -0.117. The molecule has 0 unspecified atom stereocenters. The van der Waals surface area contributed by atoms with Crippen molar-refractivity contribution in [3.63, 3.8) is 0 Å². The Balaban J connectivity index is 1.36. The number of amides is 1. The molecule has 0 bridgehead atoms. The fourth-order valence-corrected chi connectivity index (χ4v) is 4.52. The fraction of sp³-hybridized carbons (Fsp3) is 0.172. The van der Waals surface area contributed by atoms with E-state index in [1.165, 1.54) is 0 Å². The number of hydrogen-bond donors (Lipinski definition) is 3. The molecule has 6 heterocycles. The Labute approximate surface area is 218 Å². The highest BCUT2D eigenvalue weighted by molar-refractivity contribution is 6.00. The Kier molecular flexibility index (Phi) is 5.68. The minimum Gasteiger partial charge on any atom is -0.338 e. The third kappa shape index (κ3) is 4.61. The van der Waals surface area contributed by atoms with Gasteiger partial charge in [-0.25, -0.2) is 4.98 Å². The highest BCUT2D eigenvalue weighted by Gasteiger charge is 2.18. The van der Waals surface area contributed by atoms with Gasteiger partial charge in [0.1, 0.15) is 11.3 Å². The van der Waals surface area contributed by atoms with Crippen LogP contribution in [0.25, 0.3) is 55.8 Å².